The number of morpholine rings is 1. The third kappa shape index (κ3) is 7.42. The number of hydrogen-bond acceptors (Lipinski definition) is 4. The van der Waals surface area contributed by atoms with Crippen LogP contribution in [0.5, 0.6) is 0 Å². The highest BCUT2D eigenvalue weighted by molar-refractivity contribution is 5.79. The van der Waals surface area contributed by atoms with Crippen molar-refractivity contribution in [3.63, 3.8) is 0 Å². The Morgan fingerprint density at radius 3 is 2.55 bits per heavy atom. The zero-order valence-electron chi connectivity index (χ0n) is 14.7. The molecule has 22 heavy (non-hydrogen) atoms. The molecular weight excluding hydrogens is 280 g/mol. The van der Waals surface area contributed by atoms with Crippen LogP contribution in [-0.4, -0.2) is 76.1 Å². The third-order valence-electron chi connectivity index (χ3n) is 3.81. The Hall–Kier alpha value is -0.850. The molecule has 130 valence electrons. The zero-order valence-corrected chi connectivity index (χ0v) is 14.7. The molecule has 0 aromatic carbocycles. The molecule has 0 aliphatic carbocycles. The number of hydrogen-bond donors (Lipinski definition) is 2. The summed E-state index contributed by atoms with van der Waals surface area (Å²) in [6.45, 7) is 16.2. The fourth-order valence-electron chi connectivity index (χ4n) is 2.57. The number of guanidine groups is 1. The van der Waals surface area contributed by atoms with E-state index in [0.717, 1.165) is 58.5 Å². The van der Waals surface area contributed by atoms with Crippen LogP contribution < -0.4 is 10.6 Å². The van der Waals surface area contributed by atoms with Crippen molar-refractivity contribution < 1.29 is 9.47 Å². The van der Waals surface area contributed by atoms with Gasteiger partial charge in [-0.2, -0.15) is 0 Å². The molecule has 0 aromatic heterocycles. The maximum absolute atomic E-state index is 5.45. The molecule has 2 N–H and O–H groups in total. The Bertz CT molecular complexity index is 305. The van der Waals surface area contributed by atoms with Crippen molar-refractivity contribution in [1.29, 1.82) is 0 Å². The average molecular weight is 314 g/mol. The van der Waals surface area contributed by atoms with Crippen molar-refractivity contribution in [2.24, 2.45) is 10.9 Å². The van der Waals surface area contributed by atoms with Crippen LogP contribution in [0.4, 0.5) is 0 Å². The van der Waals surface area contributed by atoms with E-state index in [0.29, 0.717) is 18.6 Å². The molecule has 1 rings (SSSR count). The second-order valence-electron chi connectivity index (χ2n) is 5.80. The average Bonchev–Trinajstić information content (AvgIpc) is 2.52. The van der Waals surface area contributed by atoms with Crippen LogP contribution in [0.2, 0.25) is 0 Å². The van der Waals surface area contributed by atoms with E-state index in [1.165, 1.54) is 0 Å². The first kappa shape index (κ1) is 19.2. The summed E-state index contributed by atoms with van der Waals surface area (Å²) in [4.78, 5) is 7.27. The van der Waals surface area contributed by atoms with Crippen LogP contribution in [0.1, 0.15) is 27.7 Å². The van der Waals surface area contributed by atoms with Crippen LogP contribution in [0.25, 0.3) is 0 Å². The summed E-state index contributed by atoms with van der Waals surface area (Å²) in [5.41, 5.74) is 0. The molecule has 1 atom stereocenters. The zero-order chi connectivity index (χ0) is 16.2. The molecule has 6 heteroatoms. The highest BCUT2D eigenvalue weighted by Crippen LogP contribution is 2.13. The molecule has 1 aliphatic rings. The topological polar surface area (TPSA) is 58.1 Å². The number of nitrogens with one attached hydrogen (secondary N) is 2. The molecule has 1 unspecified atom stereocenters. The Labute approximate surface area is 135 Å². The summed E-state index contributed by atoms with van der Waals surface area (Å²) in [7, 11) is 0. The maximum Gasteiger partial charge on any atom is 0.191 e. The van der Waals surface area contributed by atoms with E-state index in [1.54, 1.807) is 0 Å². The van der Waals surface area contributed by atoms with Crippen molar-refractivity contribution in [3.8, 4) is 0 Å². The standard InChI is InChI=1S/C16H34N4O2/c1-5-17-16(18-7-10-21-6-2)19-13-15(14(3)4)20-8-11-22-12-9-20/h14-15H,5-13H2,1-4H3,(H2,17,18,19). The molecule has 0 amide bonds. The number of rotatable bonds is 9. The minimum Gasteiger partial charge on any atom is -0.380 e. The molecule has 0 aromatic rings. The predicted molar refractivity (Wildman–Crippen MR) is 91.5 cm³/mol. The van der Waals surface area contributed by atoms with Gasteiger partial charge in [0.1, 0.15) is 0 Å². The summed E-state index contributed by atoms with van der Waals surface area (Å²) in [5.74, 6) is 1.45. The number of aliphatic imine (C=N–C) groups is 1. The molecular formula is C16H34N4O2. The highest BCUT2D eigenvalue weighted by atomic mass is 16.5. The summed E-state index contributed by atoms with van der Waals surface area (Å²) in [6, 6.07) is 0.464. The minimum atomic E-state index is 0.464. The SMILES string of the molecule is CCNC(=NCC(C(C)C)N1CCOCC1)NCCOCC. The first-order chi connectivity index (χ1) is 10.7. The van der Waals surface area contributed by atoms with Gasteiger partial charge in [0.25, 0.3) is 0 Å². The van der Waals surface area contributed by atoms with Gasteiger partial charge < -0.3 is 20.1 Å². The van der Waals surface area contributed by atoms with Gasteiger partial charge in [0, 0.05) is 38.8 Å². The van der Waals surface area contributed by atoms with Gasteiger partial charge in [0.15, 0.2) is 5.96 Å². The molecule has 1 fully saturated rings. The Kier molecular flexibility index (Phi) is 10.2. The first-order valence-electron chi connectivity index (χ1n) is 8.60. The summed E-state index contributed by atoms with van der Waals surface area (Å²) in [6.07, 6.45) is 0. The van der Waals surface area contributed by atoms with Crippen LogP contribution in [0.3, 0.4) is 0 Å². The lowest BCUT2D eigenvalue weighted by Crippen LogP contribution is -2.48. The molecule has 0 bridgehead atoms. The fraction of sp³-hybridized carbons (Fsp3) is 0.938. The van der Waals surface area contributed by atoms with Gasteiger partial charge in [0.2, 0.25) is 0 Å². The van der Waals surface area contributed by atoms with Crippen LogP contribution >= 0.6 is 0 Å². The lowest BCUT2D eigenvalue weighted by molar-refractivity contribution is 0.00867. The second-order valence-corrected chi connectivity index (χ2v) is 5.80. The Morgan fingerprint density at radius 2 is 1.95 bits per heavy atom. The summed E-state index contributed by atoms with van der Waals surface area (Å²) < 4.78 is 10.8. The highest BCUT2D eigenvalue weighted by Gasteiger charge is 2.23. The van der Waals surface area contributed by atoms with Gasteiger partial charge in [-0.15, -0.1) is 0 Å². The molecule has 0 saturated carbocycles. The van der Waals surface area contributed by atoms with Crippen LogP contribution in [-0.2, 0) is 9.47 Å². The second kappa shape index (κ2) is 11.7. The van der Waals surface area contributed by atoms with E-state index < -0.39 is 0 Å². The molecule has 6 nitrogen and oxygen atoms in total. The van der Waals surface area contributed by atoms with Crippen LogP contribution in [0, 0.1) is 5.92 Å². The van der Waals surface area contributed by atoms with E-state index in [9.17, 15) is 0 Å². The predicted octanol–water partition coefficient (Wildman–Crippen LogP) is 0.935. The smallest absolute Gasteiger partial charge is 0.191 e. The van der Waals surface area contributed by atoms with E-state index in [1.807, 2.05) is 6.92 Å². The minimum absolute atomic E-state index is 0.464. The van der Waals surface area contributed by atoms with Crippen molar-refractivity contribution in [1.82, 2.24) is 15.5 Å². The lowest BCUT2D eigenvalue weighted by Gasteiger charge is -2.36. The van der Waals surface area contributed by atoms with Gasteiger partial charge in [-0.05, 0) is 19.8 Å². The normalized spacial score (nSPS) is 18.5. The number of ether oxygens (including phenoxy) is 2. The van der Waals surface area contributed by atoms with E-state index in [2.05, 4.69) is 36.3 Å². The summed E-state index contributed by atoms with van der Waals surface area (Å²) >= 11 is 0. The first-order valence-corrected chi connectivity index (χ1v) is 8.60. The largest absolute Gasteiger partial charge is 0.380 e. The fourth-order valence-corrected chi connectivity index (χ4v) is 2.57. The van der Waals surface area contributed by atoms with Crippen molar-refractivity contribution >= 4 is 5.96 Å². The van der Waals surface area contributed by atoms with Gasteiger partial charge in [-0.1, -0.05) is 13.8 Å². The van der Waals surface area contributed by atoms with E-state index >= 15 is 0 Å². The van der Waals surface area contributed by atoms with Gasteiger partial charge in [-0.3, -0.25) is 9.89 Å². The van der Waals surface area contributed by atoms with Gasteiger partial charge in [-0.25, -0.2) is 0 Å². The van der Waals surface area contributed by atoms with Crippen molar-refractivity contribution in [2.75, 3.05) is 59.2 Å². The quantitative estimate of drug-likeness (QED) is 0.377. The Balaban J connectivity index is 2.51. The maximum atomic E-state index is 5.45. The van der Waals surface area contributed by atoms with Crippen molar-refractivity contribution in [3.05, 3.63) is 0 Å². The van der Waals surface area contributed by atoms with Gasteiger partial charge >= 0.3 is 0 Å². The van der Waals surface area contributed by atoms with Gasteiger partial charge in [0.05, 0.1) is 26.4 Å². The molecule has 1 saturated heterocycles. The van der Waals surface area contributed by atoms with E-state index in [-0.39, 0.29) is 0 Å². The molecule has 0 radical (unpaired) electrons. The van der Waals surface area contributed by atoms with Crippen molar-refractivity contribution in [2.45, 2.75) is 33.7 Å². The third-order valence-corrected chi connectivity index (χ3v) is 3.81. The van der Waals surface area contributed by atoms with E-state index in [4.69, 9.17) is 14.5 Å². The molecule has 0 spiro atoms. The lowest BCUT2D eigenvalue weighted by atomic mass is 10.0. The number of nitrogens with zero attached hydrogens (tertiary/aromatic N) is 2. The molecule has 1 heterocycles. The molecule has 1 aliphatic heterocycles. The van der Waals surface area contributed by atoms with Crippen LogP contribution in [0.15, 0.2) is 4.99 Å². The monoisotopic (exact) mass is 314 g/mol. The summed E-state index contributed by atoms with van der Waals surface area (Å²) in [5, 5.41) is 6.62. The Morgan fingerprint density at radius 1 is 1.23 bits per heavy atom.